The number of piperidine rings is 1. The van der Waals surface area contributed by atoms with Gasteiger partial charge in [0.05, 0.1) is 24.5 Å². The van der Waals surface area contributed by atoms with Crippen LogP contribution in [0.25, 0.3) is 10.2 Å². The molecule has 1 aliphatic carbocycles. The Morgan fingerprint density at radius 3 is 2.93 bits per heavy atom. The van der Waals surface area contributed by atoms with Crippen LogP contribution in [0.4, 0.5) is 5.82 Å². The summed E-state index contributed by atoms with van der Waals surface area (Å²) < 4.78 is 5.41. The minimum atomic E-state index is 0.0614. The number of morpholine rings is 1. The topological polar surface area (TPSA) is 58.6 Å². The van der Waals surface area contributed by atoms with Gasteiger partial charge in [-0.3, -0.25) is 4.79 Å². The Morgan fingerprint density at radius 2 is 2.07 bits per heavy atom. The predicted molar refractivity (Wildman–Crippen MR) is 111 cm³/mol. The maximum absolute atomic E-state index is 13.0. The maximum Gasteiger partial charge on any atom is 0.227 e. The second-order valence-electron chi connectivity index (χ2n) is 8.45. The highest BCUT2D eigenvalue weighted by atomic mass is 32.1. The first-order valence-corrected chi connectivity index (χ1v) is 11.4. The van der Waals surface area contributed by atoms with E-state index in [0.29, 0.717) is 19.1 Å². The number of rotatable bonds is 2. The van der Waals surface area contributed by atoms with Gasteiger partial charge in [-0.25, -0.2) is 9.97 Å². The molecule has 2 fully saturated rings. The number of aromatic nitrogens is 2. The second kappa shape index (κ2) is 7.59. The summed E-state index contributed by atoms with van der Waals surface area (Å²) in [4.78, 5) is 29.3. The summed E-state index contributed by atoms with van der Waals surface area (Å²) in [5.74, 6) is 2.16. The third-order valence-corrected chi connectivity index (χ3v) is 7.63. The first-order valence-electron chi connectivity index (χ1n) is 10.6. The van der Waals surface area contributed by atoms with Crippen molar-refractivity contribution in [2.75, 3.05) is 44.3 Å². The van der Waals surface area contributed by atoms with Gasteiger partial charge in [0, 0.05) is 31.1 Å². The third-order valence-electron chi connectivity index (χ3n) is 6.46. The zero-order valence-electron chi connectivity index (χ0n) is 16.5. The molecule has 0 radical (unpaired) electrons. The molecule has 1 amide bonds. The summed E-state index contributed by atoms with van der Waals surface area (Å²) in [6.07, 6.45) is 7.24. The van der Waals surface area contributed by atoms with E-state index in [-0.39, 0.29) is 5.92 Å². The van der Waals surface area contributed by atoms with Gasteiger partial charge in [0.1, 0.15) is 17.0 Å². The molecule has 0 saturated carbocycles. The van der Waals surface area contributed by atoms with Gasteiger partial charge in [-0.1, -0.05) is 6.92 Å². The fourth-order valence-electron chi connectivity index (χ4n) is 4.91. The van der Waals surface area contributed by atoms with E-state index in [4.69, 9.17) is 9.72 Å². The van der Waals surface area contributed by atoms with E-state index in [0.717, 1.165) is 68.4 Å². The van der Waals surface area contributed by atoms with E-state index >= 15 is 0 Å². The lowest BCUT2D eigenvalue weighted by Gasteiger charge is -2.37. The second-order valence-corrected chi connectivity index (χ2v) is 9.54. The van der Waals surface area contributed by atoms with Gasteiger partial charge in [-0.2, -0.15) is 0 Å². The molecule has 7 heteroatoms. The number of hydrogen-bond donors (Lipinski definition) is 0. The molecule has 2 aliphatic heterocycles. The number of ether oxygens (including phenoxy) is 1. The van der Waals surface area contributed by atoms with Crippen molar-refractivity contribution in [2.24, 2.45) is 11.8 Å². The average molecular weight is 401 g/mol. The molecule has 2 unspecified atom stereocenters. The Labute approximate surface area is 169 Å². The summed E-state index contributed by atoms with van der Waals surface area (Å²) in [5, 5.41) is 1.26. The van der Waals surface area contributed by atoms with E-state index in [1.165, 1.54) is 22.2 Å². The number of aryl methyl sites for hydroxylation is 1. The number of thiophene rings is 1. The Hall–Kier alpha value is -1.73. The molecular weight excluding hydrogens is 372 g/mol. The standard InChI is InChI=1S/C21H28N4O2S/c1-14-4-5-16-17(11-14)28-20-18(16)19(22-13-23-20)25-6-2-3-15(12-25)21(26)24-7-9-27-10-8-24/h13-15H,2-12H2,1H3. The van der Waals surface area contributed by atoms with Crippen LogP contribution in [0.15, 0.2) is 6.33 Å². The number of carbonyl (C=O) groups excluding carboxylic acids is 1. The Kier molecular flexibility index (Phi) is 4.97. The Balaban J connectivity index is 1.42. The largest absolute Gasteiger partial charge is 0.378 e. The van der Waals surface area contributed by atoms with Crippen LogP contribution in [-0.4, -0.2) is 60.2 Å². The lowest BCUT2D eigenvalue weighted by Crippen LogP contribution is -2.48. The van der Waals surface area contributed by atoms with Crippen molar-refractivity contribution in [3.8, 4) is 0 Å². The van der Waals surface area contributed by atoms with E-state index in [2.05, 4.69) is 16.8 Å². The number of hydrogen-bond acceptors (Lipinski definition) is 6. The van der Waals surface area contributed by atoms with Crippen molar-refractivity contribution in [1.29, 1.82) is 0 Å². The van der Waals surface area contributed by atoms with Gasteiger partial charge >= 0.3 is 0 Å². The Morgan fingerprint density at radius 1 is 1.21 bits per heavy atom. The van der Waals surface area contributed by atoms with Gasteiger partial charge in [0.15, 0.2) is 0 Å². The molecule has 0 aromatic carbocycles. The van der Waals surface area contributed by atoms with Crippen molar-refractivity contribution in [3.63, 3.8) is 0 Å². The van der Waals surface area contributed by atoms with Crippen molar-refractivity contribution in [3.05, 3.63) is 16.8 Å². The van der Waals surface area contributed by atoms with Crippen LogP contribution in [0.5, 0.6) is 0 Å². The molecule has 2 aromatic heterocycles. The van der Waals surface area contributed by atoms with Crippen LogP contribution >= 0.6 is 11.3 Å². The number of amides is 1. The quantitative estimate of drug-likeness (QED) is 0.776. The molecule has 2 aromatic rings. The molecule has 0 N–H and O–H groups in total. The summed E-state index contributed by atoms with van der Waals surface area (Å²) in [6.45, 7) is 6.85. The van der Waals surface area contributed by atoms with Gasteiger partial charge < -0.3 is 14.5 Å². The van der Waals surface area contributed by atoms with E-state index in [9.17, 15) is 4.79 Å². The van der Waals surface area contributed by atoms with Gasteiger partial charge in [0.2, 0.25) is 5.91 Å². The number of carbonyl (C=O) groups is 1. The summed E-state index contributed by atoms with van der Waals surface area (Å²) in [7, 11) is 0. The van der Waals surface area contributed by atoms with Crippen molar-refractivity contribution in [1.82, 2.24) is 14.9 Å². The monoisotopic (exact) mass is 400 g/mol. The van der Waals surface area contributed by atoms with Crippen LogP contribution in [0, 0.1) is 11.8 Å². The molecule has 2 saturated heterocycles. The van der Waals surface area contributed by atoms with E-state index in [1.807, 2.05) is 16.2 Å². The normalized spacial score (nSPS) is 25.8. The number of fused-ring (bicyclic) bond motifs is 3. The number of nitrogens with zero attached hydrogens (tertiary/aromatic N) is 4. The smallest absolute Gasteiger partial charge is 0.227 e. The summed E-state index contributed by atoms with van der Waals surface area (Å²) in [5.41, 5.74) is 1.47. The first-order chi connectivity index (χ1) is 13.7. The van der Waals surface area contributed by atoms with Crippen LogP contribution in [0.2, 0.25) is 0 Å². The minimum absolute atomic E-state index is 0.0614. The third kappa shape index (κ3) is 3.28. The molecule has 2 atom stereocenters. The zero-order valence-corrected chi connectivity index (χ0v) is 17.3. The lowest BCUT2D eigenvalue weighted by atomic mass is 9.89. The molecule has 0 bridgehead atoms. The molecule has 3 aliphatic rings. The van der Waals surface area contributed by atoms with Crippen LogP contribution < -0.4 is 4.90 Å². The van der Waals surface area contributed by atoms with Crippen molar-refractivity contribution >= 4 is 33.3 Å². The highest BCUT2D eigenvalue weighted by molar-refractivity contribution is 7.19. The fourth-order valence-corrected chi connectivity index (χ4v) is 6.26. The molecule has 0 spiro atoms. The predicted octanol–water partition coefficient (Wildman–Crippen LogP) is 2.89. The number of anilines is 1. The van der Waals surface area contributed by atoms with Crippen molar-refractivity contribution < 1.29 is 9.53 Å². The van der Waals surface area contributed by atoms with Crippen molar-refractivity contribution in [2.45, 2.75) is 39.0 Å². The van der Waals surface area contributed by atoms with E-state index < -0.39 is 0 Å². The minimum Gasteiger partial charge on any atom is -0.378 e. The molecule has 150 valence electrons. The Bertz CT molecular complexity index is 877. The molecule has 6 nitrogen and oxygen atoms in total. The fraction of sp³-hybridized carbons (Fsp3) is 0.667. The van der Waals surface area contributed by atoms with Crippen LogP contribution in [0.1, 0.15) is 36.6 Å². The van der Waals surface area contributed by atoms with Gasteiger partial charge in [0.25, 0.3) is 0 Å². The zero-order chi connectivity index (χ0) is 19.1. The average Bonchev–Trinajstić information content (AvgIpc) is 3.11. The van der Waals surface area contributed by atoms with Gasteiger partial charge in [-0.05, 0) is 43.6 Å². The van der Waals surface area contributed by atoms with Gasteiger partial charge in [-0.15, -0.1) is 11.3 Å². The highest BCUT2D eigenvalue weighted by Crippen LogP contribution is 2.41. The first kappa shape index (κ1) is 18.3. The molecular formula is C21H28N4O2S. The van der Waals surface area contributed by atoms with Crippen LogP contribution in [0.3, 0.4) is 0 Å². The summed E-state index contributed by atoms with van der Waals surface area (Å²) >= 11 is 1.84. The maximum atomic E-state index is 13.0. The molecule has 4 heterocycles. The summed E-state index contributed by atoms with van der Waals surface area (Å²) in [6, 6.07) is 0. The molecule has 5 rings (SSSR count). The van der Waals surface area contributed by atoms with E-state index in [1.54, 1.807) is 6.33 Å². The molecule has 28 heavy (non-hydrogen) atoms. The lowest BCUT2D eigenvalue weighted by molar-refractivity contribution is -0.139. The highest BCUT2D eigenvalue weighted by Gasteiger charge is 2.32. The van der Waals surface area contributed by atoms with Crippen LogP contribution in [-0.2, 0) is 22.4 Å². The SMILES string of the molecule is CC1CCc2c(sc3ncnc(N4CCCC(C(=O)N5CCOCC5)C4)c23)C1.